The fourth-order valence-electron chi connectivity index (χ4n) is 2.70. The average molecular weight is 300 g/mol. The van der Waals surface area contributed by atoms with Gasteiger partial charge in [-0.15, -0.1) is 0 Å². The van der Waals surface area contributed by atoms with Crippen LogP contribution in [0.4, 0.5) is 8.78 Å². The van der Waals surface area contributed by atoms with Gasteiger partial charge in [0.2, 0.25) is 0 Å². The van der Waals surface area contributed by atoms with Crippen LogP contribution in [0.2, 0.25) is 0 Å². The normalized spacial score (nSPS) is 16.9. The van der Waals surface area contributed by atoms with Crippen LogP contribution < -0.4 is 4.74 Å². The molecule has 21 heavy (non-hydrogen) atoms. The summed E-state index contributed by atoms with van der Waals surface area (Å²) in [6.45, 7) is -0.212. The van der Waals surface area contributed by atoms with E-state index in [0.29, 0.717) is 24.5 Å². The highest BCUT2D eigenvalue weighted by Crippen LogP contribution is 2.29. The monoisotopic (exact) mass is 300 g/mol. The zero-order valence-corrected chi connectivity index (χ0v) is 11.5. The Kier molecular flexibility index (Phi) is 5.12. The third kappa shape index (κ3) is 4.14. The van der Waals surface area contributed by atoms with Gasteiger partial charge in [0.25, 0.3) is 0 Å². The molecule has 1 saturated carbocycles. The highest BCUT2D eigenvalue weighted by molar-refractivity contribution is 5.87. The van der Waals surface area contributed by atoms with Crippen molar-refractivity contribution in [3.8, 4) is 5.75 Å². The van der Waals surface area contributed by atoms with Crippen LogP contribution in [0.3, 0.4) is 0 Å². The van der Waals surface area contributed by atoms with E-state index in [1.54, 1.807) is 0 Å². The van der Waals surface area contributed by atoms with Gasteiger partial charge >= 0.3 is 5.97 Å². The van der Waals surface area contributed by atoms with E-state index in [4.69, 9.17) is 9.84 Å². The van der Waals surface area contributed by atoms with Gasteiger partial charge in [-0.1, -0.05) is 25.7 Å². The summed E-state index contributed by atoms with van der Waals surface area (Å²) < 4.78 is 32.2. The molecule has 2 N–H and O–H groups in total. The van der Waals surface area contributed by atoms with E-state index in [1.807, 2.05) is 0 Å². The van der Waals surface area contributed by atoms with Crippen LogP contribution in [-0.4, -0.2) is 28.9 Å². The van der Waals surface area contributed by atoms with E-state index in [-0.39, 0.29) is 6.61 Å². The molecule has 1 aromatic rings. The summed E-state index contributed by atoms with van der Waals surface area (Å²) in [7, 11) is 0. The molecule has 0 amide bonds. The fourth-order valence-corrected chi connectivity index (χ4v) is 2.70. The third-order valence-electron chi connectivity index (χ3n) is 3.75. The molecular weight excluding hydrogens is 282 g/mol. The lowest BCUT2D eigenvalue weighted by atomic mass is 10.0. The molecule has 0 aliphatic heterocycles. The summed E-state index contributed by atoms with van der Waals surface area (Å²) in [5.74, 6) is -3.79. The van der Waals surface area contributed by atoms with Gasteiger partial charge in [0.1, 0.15) is 6.61 Å². The summed E-state index contributed by atoms with van der Waals surface area (Å²) in [4.78, 5) is 10.7. The minimum atomic E-state index is -1.42. The summed E-state index contributed by atoms with van der Waals surface area (Å²) in [5, 5.41) is 18.5. The van der Waals surface area contributed by atoms with Crippen LogP contribution in [0, 0.1) is 17.6 Å². The van der Waals surface area contributed by atoms with Crippen molar-refractivity contribution in [2.75, 3.05) is 6.61 Å². The predicted octanol–water partition coefficient (Wildman–Crippen LogP) is 2.98. The van der Waals surface area contributed by atoms with E-state index in [9.17, 15) is 18.7 Å². The first-order chi connectivity index (χ1) is 9.97. The van der Waals surface area contributed by atoms with Crippen LogP contribution in [-0.2, 0) is 0 Å². The first-order valence-corrected chi connectivity index (χ1v) is 7.00. The Morgan fingerprint density at radius 1 is 1.29 bits per heavy atom. The molecule has 0 radical (unpaired) electrons. The molecule has 6 heteroatoms. The molecule has 0 spiro atoms. The van der Waals surface area contributed by atoms with E-state index in [0.717, 1.165) is 25.7 Å². The molecule has 0 saturated heterocycles. The smallest absolute Gasteiger partial charge is 0.335 e. The van der Waals surface area contributed by atoms with Crippen molar-refractivity contribution in [3.05, 3.63) is 29.3 Å². The molecule has 1 aromatic carbocycles. The SMILES string of the molecule is O=C(O)c1cc(F)c(OCC(O)CC2CCCC2)c(F)c1. The molecule has 1 aliphatic carbocycles. The first kappa shape index (κ1) is 15.7. The van der Waals surface area contributed by atoms with Crippen LogP contribution >= 0.6 is 0 Å². The maximum absolute atomic E-state index is 13.6. The Bertz CT molecular complexity index is 489. The van der Waals surface area contributed by atoms with Crippen molar-refractivity contribution >= 4 is 5.97 Å². The molecule has 0 bridgehead atoms. The Labute approximate surface area is 121 Å². The Hall–Kier alpha value is -1.69. The minimum Gasteiger partial charge on any atom is -0.485 e. The predicted molar refractivity (Wildman–Crippen MR) is 71.4 cm³/mol. The molecule has 4 nitrogen and oxygen atoms in total. The summed E-state index contributed by atoms with van der Waals surface area (Å²) >= 11 is 0. The Morgan fingerprint density at radius 2 is 1.86 bits per heavy atom. The second kappa shape index (κ2) is 6.85. The number of carbonyl (C=O) groups is 1. The third-order valence-corrected chi connectivity index (χ3v) is 3.75. The zero-order valence-electron chi connectivity index (χ0n) is 11.5. The van der Waals surface area contributed by atoms with Crippen molar-refractivity contribution < 1.29 is 28.5 Å². The molecule has 1 unspecified atom stereocenters. The Balaban J connectivity index is 1.94. The number of rotatable bonds is 6. The topological polar surface area (TPSA) is 66.8 Å². The number of carboxylic acids is 1. The lowest BCUT2D eigenvalue weighted by molar-refractivity contribution is 0.0693. The van der Waals surface area contributed by atoms with Gasteiger partial charge in [-0.05, 0) is 24.5 Å². The number of benzene rings is 1. The quantitative estimate of drug-likeness (QED) is 0.847. The van der Waals surface area contributed by atoms with Crippen molar-refractivity contribution in [2.45, 2.75) is 38.2 Å². The van der Waals surface area contributed by atoms with E-state index in [2.05, 4.69) is 0 Å². The lowest BCUT2D eigenvalue weighted by Gasteiger charge is -2.16. The van der Waals surface area contributed by atoms with Crippen LogP contribution in [0.1, 0.15) is 42.5 Å². The molecule has 0 heterocycles. The lowest BCUT2D eigenvalue weighted by Crippen LogP contribution is -2.21. The highest BCUT2D eigenvalue weighted by Gasteiger charge is 2.21. The number of aromatic carboxylic acids is 1. The molecule has 1 aliphatic rings. The maximum atomic E-state index is 13.6. The number of aliphatic hydroxyl groups is 1. The number of hydrogen-bond donors (Lipinski definition) is 2. The summed E-state index contributed by atoms with van der Waals surface area (Å²) in [6.07, 6.45) is 4.19. The molecule has 1 fully saturated rings. The van der Waals surface area contributed by atoms with Crippen LogP contribution in [0.5, 0.6) is 5.75 Å². The molecular formula is C15H18F2O4. The molecule has 2 rings (SSSR count). The minimum absolute atomic E-state index is 0.212. The molecule has 116 valence electrons. The second-order valence-corrected chi connectivity index (χ2v) is 5.43. The highest BCUT2D eigenvalue weighted by atomic mass is 19.1. The van der Waals surface area contributed by atoms with Crippen LogP contribution in [0.15, 0.2) is 12.1 Å². The van der Waals surface area contributed by atoms with Crippen molar-refractivity contribution in [2.24, 2.45) is 5.92 Å². The van der Waals surface area contributed by atoms with E-state index < -0.39 is 35.0 Å². The van der Waals surface area contributed by atoms with E-state index in [1.165, 1.54) is 0 Å². The molecule has 1 atom stereocenters. The molecule has 0 aromatic heterocycles. The largest absolute Gasteiger partial charge is 0.485 e. The standard InChI is InChI=1S/C15H18F2O4/c16-12-6-10(15(19)20)7-13(17)14(12)21-8-11(18)5-9-3-1-2-4-9/h6-7,9,11,18H,1-5,8H2,(H,19,20). The first-order valence-electron chi connectivity index (χ1n) is 7.00. The van der Waals surface area contributed by atoms with Gasteiger partial charge in [0, 0.05) is 0 Å². The van der Waals surface area contributed by atoms with Crippen molar-refractivity contribution in [1.29, 1.82) is 0 Å². The van der Waals surface area contributed by atoms with Gasteiger partial charge in [-0.2, -0.15) is 0 Å². The number of halogens is 2. The van der Waals surface area contributed by atoms with E-state index >= 15 is 0 Å². The van der Waals surface area contributed by atoms with Crippen molar-refractivity contribution in [1.82, 2.24) is 0 Å². The number of hydrogen-bond acceptors (Lipinski definition) is 3. The van der Waals surface area contributed by atoms with Gasteiger partial charge in [-0.3, -0.25) is 0 Å². The Morgan fingerprint density at radius 3 is 2.38 bits per heavy atom. The zero-order chi connectivity index (χ0) is 15.4. The number of aliphatic hydroxyl groups excluding tert-OH is 1. The van der Waals surface area contributed by atoms with Gasteiger partial charge in [0.15, 0.2) is 17.4 Å². The van der Waals surface area contributed by atoms with Crippen molar-refractivity contribution in [3.63, 3.8) is 0 Å². The van der Waals surface area contributed by atoms with Gasteiger partial charge in [-0.25, -0.2) is 13.6 Å². The number of ether oxygens (including phenoxy) is 1. The van der Waals surface area contributed by atoms with Gasteiger partial charge in [0.05, 0.1) is 11.7 Å². The van der Waals surface area contributed by atoms with Crippen LogP contribution in [0.25, 0.3) is 0 Å². The fraction of sp³-hybridized carbons (Fsp3) is 0.533. The second-order valence-electron chi connectivity index (χ2n) is 5.43. The number of carboxylic acid groups (broad SMARTS) is 1. The summed E-state index contributed by atoms with van der Waals surface area (Å²) in [6, 6.07) is 1.40. The maximum Gasteiger partial charge on any atom is 0.335 e. The summed E-state index contributed by atoms with van der Waals surface area (Å²) in [5.41, 5.74) is -0.483. The van der Waals surface area contributed by atoms with Gasteiger partial charge < -0.3 is 14.9 Å². The average Bonchev–Trinajstić information content (AvgIpc) is 2.90.